The summed E-state index contributed by atoms with van der Waals surface area (Å²) in [4.78, 5) is 11.1. The molecule has 0 heterocycles. The lowest BCUT2D eigenvalue weighted by atomic mass is 10.2. The van der Waals surface area contributed by atoms with Gasteiger partial charge in [-0.25, -0.2) is 10.2 Å². The molecule has 0 aromatic heterocycles. The fourth-order valence-electron chi connectivity index (χ4n) is 1.43. The molecule has 0 spiro atoms. The number of hydrogen-bond donors (Lipinski definition) is 1. The van der Waals surface area contributed by atoms with Crippen molar-refractivity contribution in [2.75, 3.05) is 19.8 Å². The van der Waals surface area contributed by atoms with E-state index < -0.39 is 6.09 Å². The molecule has 1 rings (SSSR count). The Morgan fingerprint density at radius 2 is 2.14 bits per heavy atom. The molecule has 0 bridgehead atoms. The van der Waals surface area contributed by atoms with E-state index in [0.29, 0.717) is 18.1 Å². The molecule has 0 saturated heterocycles. The van der Waals surface area contributed by atoms with Gasteiger partial charge in [-0.15, -0.1) is 6.42 Å². The summed E-state index contributed by atoms with van der Waals surface area (Å²) in [5.74, 6) is 3.52. The maximum absolute atomic E-state index is 11.1. The van der Waals surface area contributed by atoms with Gasteiger partial charge in [-0.05, 0) is 37.6 Å². The monoisotopic (exact) mass is 290 g/mol. The quantitative estimate of drug-likeness (QED) is 0.475. The Balaban J connectivity index is 2.75. The third-order valence-electron chi connectivity index (χ3n) is 2.22. The maximum Gasteiger partial charge on any atom is 0.427 e. The van der Waals surface area contributed by atoms with Crippen LogP contribution in [0.3, 0.4) is 0 Å². The second kappa shape index (κ2) is 9.26. The fourth-order valence-corrected chi connectivity index (χ4v) is 1.43. The summed E-state index contributed by atoms with van der Waals surface area (Å²) in [6, 6.07) is 5.24. The highest BCUT2D eigenvalue weighted by Gasteiger charge is 2.05. The van der Waals surface area contributed by atoms with Gasteiger partial charge in [0.25, 0.3) is 0 Å². The van der Waals surface area contributed by atoms with Crippen molar-refractivity contribution in [1.82, 2.24) is 5.43 Å². The van der Waals surface area contributed by atoms with Crippen LogP contribution in [0, 0.1) is 12.3 Å². The second-order valence-corrected chi connectivity index (χ2v) is 3.72. The van der Waals surface area contributed by atoms with Crippen molar-refractivity contribution in [2.45, 2.75) is 13.8 Å². The molecule has 1 aromatic rings. The zero-order valence-corrected chi connectivity index (χ0v) is 12.1. The van der Waals surface area contributed by atoms with Crippen LogP contribution in [0.2, 0.25) is 0 Å². The van der Waals surface area contributed by atoms with Crippen LogP contribution < -0.4 is 14.9 Å². The zero-order valence-electron chi connectivity index (χ0n) is 12.1. The number of hydrogen-bond acceptors (Lipinski definition) is 5. The first-order chi connectivity index (χ1) is 10.2. The number of carbonyl (C=O) groups excluding carboxylic acids is 1. The van der Waals surface area contributed by atoms with E-state index >= 15 is 0 Å². The SMILES string of the molecule is C#CCOc1ccc(/C=N\NC(=O)OCC)cc1OCC. The predicted molar refractivity (Wildman–Crippen MR) is 79.7 cm³/mol. The van der Waals surface area contributed by atoms with Crippen LogP contribution in [0.5, 0.6) is 11.5 Å². The largest absolute Gasteiger partial charge is 0.490 e. The van der Waals surface area contributed by atoms with Crippen LogP contribution in [-0.4, -0.2) is 32.1 Å². The lowest BCUT2D eigenvalue weighted by molar-refractivity contribution is 0.152. The number of ether oxygens (including phenoxy) is 3. The summed E-state index contributed by atoms with van der Waals surface area (Å²) >= 11 is 0. The minimum absolute atomic E-state index is 0.165. The molecule has 0 saturated carbocycles. The fraction of sp³-hybridized carbons (Fsp3) is 0.333. The van der Waals surface area contributed by atoms with Gasteiger partial charge < -0.3 is 14.2 Å². The van der Waals surface area contributed by atoms with E-state index in [1.165, 1.54) is 6.21 Å². The van der Waals surface area contributed by atoms with Gasteiger partial charge >= 0.3 is 6.09 Å². The Bertz CT molecular complexity index is 535. The highest BCUT2D eigenvalue weighted by molar-refractivity contribution is 5.82. The van der Waals surface area contributed by atoms with Gasteiger partial charge in [0.1, 0.15) is 6.61 Å². The highest BCUT2D eigenvalue weighted by atomic mass is 16.5. The average Bonchev–Trinajstić information content (AvgIpc) is 2.47. The van der Waals surface area contributed by atoms with Crippen molar-refractivity contribution in [3.8, 4) is 23.8 Å². The van der Waals surface area contributed by atoms with E-state index in [0.717, 1.165) is 5.56 Å². The summed E-state index contributed by atoms with van der Waals surface area (Å²) in [6.45, 7) is 4.53. The minimum Gasteiger partial charge on any atom is -0.490 e. The molecule has 1 amide bonds. The molecule has 1 N–H and O–H groups in total. The van der Waals surface area contributed by atoms with Crippen molar-refractivity contribution >= 4 is 12.3 Å². The number of amides is 1. The highest BCUT2D eigenvalue weighted by Crippen LogP contribution is 2.27. The Labute approximate surface area is 124 Å². The van der Waals surface area contributed by atoms with Crippen LogP contribution in [-0.2, 0) is 4.74 Å². The molecule has 0 unspecified atom stereocenters. The van der Waals surface area contributed by atoms with Crippen molar-refractivity contribution in [2.24, 2.45) is 5.10 Å². The van der Waals surface area contributed by atoms with E-state index in [9.17, 15) is 4.79 Å². The third-order valence-corrected chi connectivity index (χ3v) is 2.22. The summed E-state index contributed by atoms with van der Waals surface area (Å²) in [6.07, 6.45) is 6.03. The molecular weight excluding hydrogens is 272 g/mol. The van der Waals surface area contributed by atoms with E-state index in [2.05, 4.69) is 21.2 Å². The smallest absolute Gasteiger partial charge is 0.427 e. The normalized spacial score (nSPS) is 9.95. The molecular formula is C15H18N2O4. The number of nitrogens with one attached hydrogen (secondary N) is 1. The van der Waals surface area contributed by atoms with Gasteiger partial charge in [0.15, 0.2) is 11.5 Å². The van der Waals surface area contributed by atoms with Crippen LogP contribution in [0.25, 0.3) is 0 Å². The Kier molecular flexibility index (Phi) is 7.22. The van der Waals surface area contributed by atoms with Gasteiger partial charge in [-0.3, -0.25) is 0 Å². The summed E-state index contributed by atoms with van der Waals surface area (Å²) < 4.78 is 15.5. The van der Waals surface area contributed by atoms with Crippen molar-refractivity contribution < 1.29 is 19.0 Å². The zero-order chi connectivity index (χ0) is 15.5. The summed E-state index contributed by atoms with van der Waals surface area (Å²) in [5, 5.41) is 3.77. The second-order valence-electron chi connectivity index (χ2n) is 3.72. The summed E-state index contributed by atoms with van der Waals surface area (Å²) in [7, 11) is 0. The minimum atomic E-state index is -0.604. The molecule has 6 nitrogen and oxygen atoms in total. The molecule has 0 aliphatic heterocycles. The molecule has 0 aliphatic rings. The standard InChI is InChI=1S/C15H18N2O4/c1-4-9-21-13-8-7-12(10-14(13)19-5-2)11-16-17-15(18)20-6-3/h1,7-8,10-11H,5-6,9H2,2-3H3,(H,17,18)/b16-11-. The van der Waals surface area contributed by atoms with Gasteiger partial charge in [0.2, 0.25) is 0 Å². The average molecular weight is 290 g/mol. The maximum atomic E-state index is 11.1. The van der Waals surface area contributed by atoms with Gasteiger partial charge in [-0.2, -0.15) is 5.10 Å². The molecule has 6 heteroatoms. The molecule has 112 valence electrons. The Hall–Kier alpha value is -2.68. The van der Waals surface area contributed by atoms with Crippen molar-refractivity contribution in [3.63, 3.8) is 0 Å². The number of rotatable bonds is 7. The molecule has 0 fully saturated rings. The lowest BCUT2D eigenvalue weighted by Gasteiger charge is -2.10. The van der Waals surface area contributed by atoms with Crippen LogP contribution in [0.15, 0.2) is 23.3 Å². The molecule has 0 radical (unpaired) electrons. The number of carbonyl (C=O) groups is 1. The molecule has 0 aliphatic carbocycles. The van der Waals surface area contributed by atoms with Gasteiger partial charge in [0.05, 0.1) is 19.4 Å². The Morgan fingerprint density at radius 3 is 2.81 bits per heavy atom. The molecule has 0 atom stereocenters. The number of nitrogens with zero attached hydrogens (tertiary/aromatic N) is 1. The number of hydrazone groups is 1. The molecule has 21 heavy (non-hydrogen) atoms. The number of benzene rings is 1. The first-order valence-electron chi connectivity index (χ1n) is 6.50. The molecule has 1 aromatic carbocycles. The summed E-state index contributed by atoms with van der Waals surface area (Å²) in [5.41, 5.74) is 2.98. The van der Waals surface area contributed by atoms with E-state index in [1.807, 2.05) is 6.92 Å². The van der Waals surface area contributed by atoms with Gasteiger partial charge in [-0.1, -0.05) is 5.92 Å². The van der Waals surface area contributed by atoms with Crippen molar-refractivity contribution in [3.05, 3.63) is 23.8 Å². The van der Waals surface area contributed by atoms with Crippen molar-refractivity contribution in [1.29, 1.82) is 0 Å². The predicted octanol–water partition coefficient (Wildman–Crippen LogP) is 2.18. The van der Waals surface area contributed by atoms with E-state index in [4.69, 9.17) is 15.9 Å². The van der Waals surface area contributed by atoms with Crippen LogP contribution in [0.4, 0.5) is 4.79 Å². The van der Waals surface area contributed by atoms with Crippen LogP contribution >= 0.6 is 0 Å². The lowest BCUT2D eigenvalue weighted by Crippen LogP contribution is -2.18. The Morgan fingerprint density at radius 1 is 1.33 bits per heavy atom. The third kappa shape index (κ3) is 5.87. The first-order valence-corrected chi connectivity index (χ1v) is 6.50. The van der Waals surface area contributed by atoms with Crippen LogP contribution in [0.1, 0.15) is 19.4 Å². The number of terminal acetylenes is 1. The van der Waals surface area contributed by atoms with E-state index in [-0.39, 0.29) is 13.2 Å². The topological polar surface area (TPSA) is 69.2 Å². The van der Waals surface area contributed by atoms with E-state index in [1.54, 1.807) is 25.1 Å². The first kappa shape index (κ1) is 16.4. The van der Waals surface area contributed by atoms with Gasteiger partial charge in [0, 0.05) is 0 Å².